The van der Waals surface area contributed by atoms with E-state index >= 15 is 0 Å². The molecule has 1 unspecified atom stereocenters. The van der Waals surface area contributed by atoms with Crippen LogP contribution in [-0.2, 0) is 9.59 Å². The van der Waals surface area contributed by atoms with Crippen molar-refractivity contribution in [2.75, 3.05) is 7.11 Å². The number of rotatable bonds is 7. The van der Waals surface area contributed by atoms with Crippen LogP contribution < -0.4 is 4.74 Å². The molecule has 0 saturated carbocycles. The average Bonchev–Trinajstić information content (AvgIpc) is 3.37. The van der Waals surface area contributed by atoms with Gasteiger partial charge in [-0.1, -0.05) is 42.5 Å². The van der Waals surface area contributed by atoms with Crippen molar-refractivity contribution in [3.63, 3.8) is 0 Å². The van der Waals surface area contributed by atoms with Crippen LogP contribution in [0.15, 0.2) is 84.2 Å². The highest BCUT2D eigenvalue weighted by Gasteiger charge is 2.33. The summed E-state index contributed by atoms with van der Waals surface area (Å²) in [7, 11) is 1.64. The fraction of sp³-hybridized carbons (Fsp3) is 0.179. The molecule has 1 aliphatic heterocycles. The van der Waals surface area contributed by atoms with Crippen LogP contribution in [0.4, 0.5) is 0 Å². The highest BCUT2D eigenvalue weighted by atomic mass is 16.5. The fourth-order valence-corrected chi connectivity index (χ4v) is 4.33. The van der Waals surface area contributed by atoms with Crippen LogP contribution >= 0.6 is 0 Å². The van der Waals surface area contributed by atoms with Gasteiger partial charge in [0, 0.05) is 25.2 Å². The van der Waals surface area contributed by atoms with Crippen LogP contribution in [0.25, 0.3) is 22.2 Å². The lowest BCUT2D eigenvalue weighted by molar-refractivity contribution is -0.141. The SMILES string of the molecule is COc1ccc(-c2ccc(C3=NN(C(=O)CCC(=O)O)C(c4ccc5nccnc5c4)C3)cc2)cc1. The first kappa shape index (κ1) is 23.2. The number of fused-ring (bicyclic) bond motifs is 1. The first-order chi connectivity index (χ1) is 17.5. The Labute approximate surface area is 207 Å². The monoisotopic (exact) mass is 480 g/mol. The number of hydrogen-bond acceptors (Lipinski definition) is 6. The Hall–Kier alpha value is -4.59. The first-order valence-corrected chi connectivity index (χ1v) is 11.6. The lowest BCUT2D eigenvalue weighted by Crippen LogP contribution is -2.27. The van der Waals surface area contributed by atoms with E-state index in [2.05, 4.69) is 15.1 Å². The first-order valence-electron chi connectivity index (χ1n) is 11.6. The van der Waals surface area contributed by atoms with Crippen LogP contribution in [-0.4, -0.2) is 44.8 Å². The van der Waals surface area contributed by atoms with E-state index in [0.717, 1.165) is 44.7 Å². The van der Waals surface area contributed by atoms with Gasteiger partial charge in [0.1, 0.15) is 5.75 Å². The minimum atomic E-state index is -1.02. The molecule has 0 bridgehead atoms. The summed E-state index contributed by atoms with van der Waals surface area (Å²) in [6.45, 7) is 0. The zero-order chi connectivity index (χ0) is 25.1. The maximum Gasteiger partial charge on any atom is 0.303 e. The second kappa shape index (κ2) is 9.95. The van der Waals surface area contributed by atoms with Crippen molar-refractivity contribution in [3.8, 4) is 16.9 Å². The van der Waals surface area contributed by atoms with Crippen LogP contribution in [0.2, 0.25) is 0 Å². The predicted molar refractivity (Wildman–Crippen MR) is 136 cm³/mol. The molecule has 0 aliphatic carbocycles. The summed E-state index contributed by atoms with van der Waals surface area (Å²) in [6.07, 6.45) is 3.41. The molecule has 4 aromatic rings. The molecule has 0 radical (unpaired) electrons. The van der Waals surface area contributed by atoms with E-state index in [9.17, 15) is 9.59 Å². The Bertz CT molecular complexity index is 1450. The van der Waals surface area contributed by atoms with E-state index in [1.807, 2.05) is 66.7 Å². The summed E-state index contributed by atoms with van der Waals surface area (Å²) in [5, 5.41) is 15.1. The molecule has 3 aromatic carbocycles. The number of aliphatic carboxylic acids is 1. The maximum absolute atomic E-state index is 13.0. The van der Waals surface area contributed by atoms with Crippen LogP contribution in [0, 0.1) is 0 Å². The Morgan fingerprint density at radius 3 is 2.19 bits per heavy atom. The van der Waals surface area contributed by atoms with Gasteiger partial charge in [-0.05, 0) is 46.5 Å². The molecule has 0 spiro atoms. The van der Waals surface area contributed by atoms with Crippen LogP contribution in [0.3, 0.4) is 0 Å². The van der Waals surface area contributed by atoms with E-state index in [1.165, 1.54) is 5.01 Å². The Kier molecular flexibility index (Phi) is 6.40. The van der Waals surface area contributed by atoms with E-state index in [4.69, 9.17) is 9.84 Å². The van der Waals surface area contributed by atoms with E-state index in [-0.39, 0.29) is 24.8 Å². The third-order valence-electron chi connectivity index (χ3n) is 6.24. The Balaban J connectivity index is 1.43. The molecule has 1 amide bonds. The number of carbonyl (C=O) groups excluding carboxylic acids is 1. The minimum absolute atomic E-state index is 0.119. The molecule has 1 atom stereocenters. The van der Waals surface area contributed by atoms with Gasteiger partial charge in [0.05, 0.1) is 36.3 Å². The highest BCUT2D eigenvalue weighted by Crippen LogP contribution is 2.35. The van der Waals surface area contributed by atoms with Gasteiger partial charge in [0.15, 0.2) is 0 Å². The molecular formula is C28H24N4O4. The number of hydrogen-bond donors (Lipinski definition) is 1. The number of carbonyl (C=O) groups is 2. The third kappa shape index (κ3) is 4.79. The van der Waals surface area contributed by atoms with Gasteiger partial charge in [0.25, 0.3) is 0 Å². The molecule has 180 valence electrons. The molecule has 1 aliphatic rings. The number of carboxylic acid groups (broad SMARTS) is 1. The number of benzene rings is 3. The lowest BCUT2D eigenvalue weighted by Gasteiger charge is -2.22. The predicted octanol–water partition coefficient (Wildman–Crippen LogP) is 4.85. The van der Waals surface area contributed by atoms with E-state index in [0.29, 0.717) is 6.42 Å². The second-order valence-corrected chi connectivity index (χ2v) is 8.51. The summed E-state index contributed by atoms with van der Waals surface area (Å²) in [6, 6.07) is 21.2. The summed E-state index contributed by atoms with van der Waals surface area (Å²) in [5.74, 6) is -0.543. The topological polar surface area (TPSA) is 105 Å². The Morgan fingerprint density at radius 1 is 0.889 bits per heavy atom. The second-order valence-electron chi connectivity index (χ2n) is 8.51. The van der Waals surface area contributed by atoms with Crippen LogP contribution in [0.1, 0.15) is 36.4 Å². The van der Waals surface area contributed by atoms with Crippen molar-refractivity contribution >= 4 is 28.6 Å². The number of methoxy groups -OCH3 is 1. The molecule has 1 N–H and O–H groups in total. The van der Waals surface area contributed by atoms with Crippen molar-refractivity contribution in [2.24, 2.45) is 5.10 Å². The van der Waals surface area contributed by atoms with Crippen molar-refractivity contribution in [2.45, 2.75) is 25.3 Å². The quantitative estimate of drug-likeness (QED) is 0.406. The summed E-state index contributed by atoms with van der Waals surface area (Å²) in [5.41, 5.74) is 6.16. The molecule has 1 aromatic heterocycles. The largest absolute Gasteiger partial charge is 0.497 e. The number of hydrazone groups is 1. The fourth-order valence-electron chi connectivity index (χ4n) is 4.33. The molecule has 2 heterocycles. The smallest absolute Gasteiger partial charge is 0.303 e. The number of amides is 1. The third-order valence-corrected chi connectivity index (χ3v) is 6.24. The zero-order valence-electron chi connectivity index (χ0n) is 19.7. The number of ether oxygens (including phenoxy) is 1. The van der Waals surface area contributed by atoms with Gasteiger partial charge in [-0.15, -0.1) is 0 Å². The van der Waals surface area contributed by atoms with Gasteiger partial charge in [0.2, 0.25) is 5.91 Å². The molecular weight excluding hydrogens is 456 g/mol. The minimum Gasteiger partial charge on any atom is -0.497 e. The summed E-state index contributed by atoms with van der Waals surface area (Å²) >= 11 is 0. The molecule has 36 heavy (non-hydrogen) atoms. The number of nitrogens with zero attached hydrogens (tertiary/aromatic N) is 4. The standard InChI is InChI=1S/C28H24N4O4/c1-36-22-9-6-19(7-10-22)18-2-4-20(5-3-18)24-17-26(32(31-24)27(33)12-13-28(34)35)21-8-11-23-25(16-21)30-15-14-29-23/h2-11,14-16,26H,12-13,17H2,1H3,(H,34,35). The van der Waals surface area contributed by atoms with E-state index in [1.54, 1.807) is 19.5 Å². The normalized spacial score (nSPS) is 15.1. The average molecular weight is 481 g/mol. The Morgan fingerprint density at radius 2 is 1.53 bits per heavy atom. The van der Waals surface area contributed by atoms with Gasteiger partial charge in [-0.3, -0.25) is 19.6 Å². The van der Waals surface area contributed by atoms with Crippen molar-refractivity contribution < 1.29 is 19.4 Å². The van der Waals surface area contributed by atoms with Gasteiger partial charge < -0.3 is 9.84 Å². The molecule has 8 nitrogen and oxygen atoms in total. The van der Waals surface area contributed by atoms with Gasteiger partial charge >= 0.3 is 5.97 Å². The maximum atomic E-state index is 13.0. The zero-order valence-corrected chi connectivity index (χ0v) is 19.7. The van der Waals surface area contributed by atoms with Crippen LogP contribution in [0.5, 0.6) is 5.75 Å². The summed E-state index contributed by atoms with van der Waals surface area (Å²) in [4.78, 5) is 32.7. The summed E-state index contributed by atoms with van der Waals surface area (Å²) < 4.78 is 5.23. The van der Waals surface area contributed by atoms with Gasteiger partial charge in [-0.2, -0.15) is 5.10 Å². The van der Waals surface area contributed by atoms with Crippen molar-refractivity contribution in [3.05, 3.63) is 90.3 Å². The van der Waals surface area contributed by atoms with Gasteiger partial charge in [-0.25, -0.2) is 5.01 Å². The number of carboxylic acids is 1. The molecule has 5 rings (SSSR count). The lowest BCUT2D eigenvalue weighted by atomic mass is 9.96. The highest BCUT2D eigenvalue weighted by molar-refractivity contribution is 6.03. The number of aromatic nitrogens is 2. The van der Waals surface area contributed by atoms with Crippen molar-refractivity contribution in [1.82, 2.24) is 15.0 Å². The molecule has 0 saturated heterocycles. The molecule has 0 fully saturated rings. The molecule has 8 heteroatoms. The van der Waals surface area contributed by atoms with E-state index < -0.39 is 5.97 Å². The van der Waals surface area contributed by atoms with Crippen molar-refractivity contribution in [1.29, 1.82) is 0 Å².